The van der Waals surface area contributed by atoms with Crippen molar-refractivity contribution in [2.24, 2.45) is 16.8 Å². The molecule has 6 heteroatoms. The van der Waals surface area contributed by atoms with Crippen molar-refractivity contribution in [3.05, 3.63) is 46.7 Å². The normalized spacial score (nSPS) is 24.8. The second-order valence-corrected chi connectivity index (χ2v) is 6.68. The van der Waals surface area contributed by atoms with E-state index in [4.69, 9.17) is 5.73 Å². The number of benzene rings is 1. The van der Waals surface area contributed by atoms with Crippen LogP contribution in [-0.4, -0.2) is 17.4 Å². The topological polar surface area (TPSA) is 41.6 Å². The predicted molar refractivity (Wildman–Crippen MR) is 88.3 cm³/mol. The van der Waals surface area contributed by atoms with Gasteiger partial charge >= 0.3 is 6.18 Å². The van der Waals surface area contributed by atoms with Crippen molar-refractivity contribution < 1.29 is 13.2 Å². The molecule has 1 aromatic rings. The Morgan fingerprint density at radius 3 is 2.75 bits per heavy atom. The fourth-order valence-electron chi connectivity index (χ4n) is 3.42. The van der Waals surface area contributed by atoms with E-state index in [0.717, 1.165) is 48.7 Å². The quantitative estimate of drug-likeness (QED) is 0.826. The van der Waals surface area contributed by atoms with Crippen LogP contribution in [0.1, 0.15) is 48.8 Å². The van der Waals surface area contributed by atoms with Crippen molar-refractivity contribution >= 4 is 5.84 Å². The van der Waals surface area contributed by atoms with E-state index in [1.54, 1.807) is 6.07 Å². The van der Waals surface area contributed by atoms with Gasteiger partial charge in [-0.15, -0.1) is 0 Å². The van der Waals surface area contributed by atoms with Gasteiger partial charge in [0.05, 0.1) is 5.56 Å². The van der Waals surface area contributed by atoms with Gasteiger partial charge in [0.1, 0.15) is 5.84 Å². The maximum atomic E-state index is 13.1. The van der Waals surface area contributed by atoms with Gasteiger partial charge in [-0.05, 0) is 49.4 Å². The molecule has 2 heterocycles. The third-order valence-electron chi connectivity index (χ3n) is 4.92. The first-order chi connectivity index (χ1) is 11.3. The molecule has 3 rings (SSSR count). The zero-order chi connectivity index (χ0) is 17.5. The molecule has 24 heavy (non-hydrogen) atoms. The average molecular weight is 337 g/mol. The Labute approximate surface area is 140 Å². The standard InChI is InChI=1S/C18H22F3N3/c1-11-5-7-13(18(19,20)21)10-15(11)14-4-3-9-24-16(14)8-6-12(2)17(22)23-24/h5,7-8,10,12,14H,3-4,6,9H2,1-2H3,(H2,22,23). The summed E-state index contributed by atoms with van der Waals surface area (Å²) in [5.41, 5.74) is 8.02. The van der Waals surface area contributed by atoms with Crippen molar-refractivity contribution in [1.29, 1.82) is 0 Å². The fraction of sp³-hybridized carbons (Fsp3) is 0.500. The Balaban J connectivity index is 2.03. The molecule has 0 amide bonds. The summed E-state index contributed by atoms with van der Waals surface area (Å²) < 4.78 is 39.3. The van der Waals surface area contributed by atoms with Gasteiger partial charge in [-0.25, -0.2) is 0 Å². The monoisotopic (exact) mass is 337 g/mol. The van der Waals surface area contributed by atoms with Crippen LogP contribution in [0.3, 0.4) is 0 Å². The van der Waals surface area contributed by atoms with Gasteiger partial charge in [-0.3, -0.25) is 5.01 Å². The fourth-order valence-corrected chi connectivity index (χ4v) is 3.42. The molecule has 2 N–H and O–H groups in total. The number of alkyl halides is 3. The SMILES string of the molecule is Cc1ccc(C(F)(F)F)cc1C1CCCN2N=C(N)C(C)CC=C12. The van der Waals surface area contributed by atoms with Crippen LogP contribution in [0.2, 0.25) is 0 Å². The molecule has 2 aliphatic heterocycles. The van der Waals surface area contributed by atoms with Crippen LogP contribution >= 0.6 is 0 Å². The summed E-state index contributed by atoms with van der Waals surface area (Å²) in [6, 6.07) is 4.01. The molecule has 2 aliphatic rings. The summed E-state index contributed by atoms with van der Waals surface area (Å²) in [5.74, 6) is 0.664. The highest BCUT2D eigenvalue weighted by Gasteiger charge is 2.34. The molecule has 1 aromatic carbocycles. The average Bonchev–Trinajstić information content (AvgIpc) is 2.66. The summed E-state index contributed by atoms with van der Waals surface area (Å²) in [7, 11) is 0. The first kappa shape index (κ1) is 16.9. The number of piperidine rings is 1. The van der Waals surface area contributed by atoms with Gasteiger partial charge in [-0.2, -0.15) is 18.3 Å². The second kappa shape index (κ2) is 6.15. The maximum absolute atomic E-state index is 13.1. The number of nitrogens with zero attached hydrogens (tertiary/aromatic N) is 2. The van der Waals surface area contributed by atoms with Crippen molar-refractivity contribution in [3.8, 4) is 0 Å². The van der Waals surface area contributed by atoms with E-state index < -0.39 is 11.7 Å². The number of fused-ring (bicyclic) bond motifs is 1. The Morgan fingerprint density at radius 2 is 2.04 bits per heavy atom. The highest BCUT2D eigenvalue weighted by Crippen LogP contribution is 2.41. The number of amidine groups is 1. The van der Waals surface area contributed by atoms with Crippen LogP contribution in [0, 0.1) is 12.8 Å². The molecular formula is C18H22F3N3. The Bertz CT molecular complexity index is 691. The number of aryl methyl sites for hydroxylation is 1. The van der Waals surface area contributed by atoms with Crippen molar-refractivity contribution in [1.82, 2.24) is 5.01 Å². The summed E-state index contributed by atoms with van der Waals surface area (Å²) in [5, 5.41) is 6.37. The van der Waals surface area contributed by atoms with Crippen LogP contribution in [0.25, 0.3) is 0 Å². The lowest BCUT2D eigenvalue weighted by molar-refractivity contribution is -0.137. The van der Waals surface area contributed by atoms with E-state index in [9.17, 15) is 13.2 Å². The summed E-state index contributed by atoms with van der Waals surface area (Å²) >= 11 is 0. The first-order valence-electron chi connectivity index (χ1n) is 8.26. The molecular weight excluding hydrogens is 315 g/mol. The first-order valence-corrected chi connectivity index (χ1v) is 8.26. The van der Waals surface area contributed by atoms with Crippen molar-refractivity contribution in [3.63, 3.8) is 0 Å². The minimum Gasteiger partial charge on any atom is -0.385 e. The Kier molecular flexibility index (Phi) is 4.32. The van der Waals surface area contributed by atoms with Gasteiger partial charge in [0, 0.05) is 24.1 Å². The molecule has 0 aliphatic carbocycles. The zero-order valence-electron chi connectivity index (χ0n) is 13.9. The van der Waals surface area contributed by atoms with E-state index >= 15 is 0 Å². The number of halogens is 3. The van der Waals surface area contributed by atoms with Crippen molar-refractivity contribution in [2.45, 2.75) is 45.2 Å². The van der Waals surface area contributed by atoms with E-state index in [1.165, 1.54) is 6.07 Å². The highest BCUT2D eigenvalue weighted by atomic mass is 19.4. The molecule has 0 bridgehead atoms. The van der Waals surface area contributed by atoms with Crippen LogP contribution in [0.5, 0.6) is 0 Å². The van der Waals surface area contributed by atoms with Gasteiger partial charge in [0.25, 0.3) is 0 Å². The van der Waals surface area contributed by atoms with Crippen LogP contribution in [0.15, 0.2) is 35.1 Å². The van der Waals surface area contributed by atoms with Gasteiger partial charge in [0.15, 0.2) is 0 Å². The molecule has 0 spiro atoms. The number of hydrazone groups is 1. The molecule has 0 aromatic heterocycles. The summed E-state index contributed by atoms with van der Waals surface area (Å²) in [6.07, 6.45) is 0.232. The minimum absolute atomic E-state index is 0.0668. The van der Waals surface area contributed by atoms with Gasteiger partial charge in [0.2, 0.25) is 0 Å². The molecule has 0 radical (unpaired) electrons. The zero-order valence-corrected chi connectivity index (χ0v) is 13.9. The molecule has 1 saturated heterocycles. The van der Waals surface area contributed by atoms with Crippen LogP contribution < -0.4 is 5.73 Å². The number of hydrogen-bond acceptors (Lipinski definition) is 3. The molecule has 130 valence electrons. The molecule has 1 fully saturated rings. The molecule has 3 nitrogen and oxygen atoms in total. The summed E-state index contributed by atoms with van der Waals surface area (Å²) in [6.45, 7) is 4.64. The maximum Gasteiger partial charge on any atom is 0.416 e. The smallest absolute Gasteiger partial charge is 0.385 e. The van der Waals surface area contributed by atoms with E-state index in [1.807, 2.05) is 18.9 Å². The Morgan fingerprint density at radius 1 is 1.29 bits per heavy atom. The van der Waals surface area contributed by atoms with Crippen LogP contribution in [-0.2, 0) is 6.18 Å². The largest absolute Gasteiger partial charge is 0.416 e. The number of nitrogens with two attached hydrogens (primary N) is 1. The molecule has 0 saturated carbocycles. The van der Waals surface area contributed by atoms with Gasteiger partial charge in [-0.1, -0.05) is 19.1 Å². The second-order valence-electron chi connectivity index (χ2n) is 6.68. The number of rotatable bonds is 1. The number of allylic oxidation sites excluding steroid dienone is 2. The summed E-state index contributed by atoms with van der Waals surface area (Å²) in [4.78, 5) is 0. The highest BCUT2D eigenvalue weighted by molar-refractivity contribution is 5.82. The van der Waals surface area contributed by atoms with E-state index in [2.05, 4.69) is 11.2 Å². The van der Waals surface area contributed by atoms with Crippen LogP contribution in [0.4, 0.5) is 13.2 Å². The van der Waals surface area contributed by atoms with Crippen molar-refractivity contribution in [2.75, 3.05) is 6.54 Å². The Hall–Kier alpha value is -1.98. The molecule has 2 unspecified atom stereocenters. The predicted octanol–water partition coefficient (Wildman–Crippen LogP) is 4.39. The lowest BCUT2D eigenvalue weighted by Gasteiger charge is -2.34. The number of hydrogen-bond donors (Lipinski definition) is 1. The third-order valence-corrected chi connectivity index (χ3v) is 4.92. The third kappa shape index (κ3) is 3.14. The minimum atomic E-state index is -4.33. The lowest BCUT2D eigenvalue weighted by Crippen LogP contribution is -2.31. The van der Waals surface area contributed by atoms with Gasteiger partial charge < -0.3 is 5.73 Å². The van der Waals surface area contributed by atoms with E-state index in [0.29, 0.717) is 5.84 Å². The molecule has 2 atom stereocenters. The lowest BCUT2D eigenvalue weighted by atomic mass is 9.84. The van der Waals surface area contributed by atoms with E-state index in [-0.39, 0.29) is 11.8 Å².